The maximum absolute atomic E-state index is 11.8. The van der Waals surface area contributed by atoms with Gasteiger partial charge in [0.1, 0.15) is 0 Å². The Morgan fingerprint density at radius 1 is 1.32 bits per heavy atom. The van der Waals surface area contributed by atoms with Gasteiger partial charge in [0.15, 0.2) is 4.34 Å². The lowest BCUT2D eigenvalue weighted by Gasteiger charge is -1.96. The summed E-state index contributed by atoms with van der Waals surface area (Å²) in [5.41, 5.74) is 3.49. The first kappa shape index (κ1) is 15.7. The average molecular weight is 412 g/mol. The number of hydrazone groups is 1. The molecule has 0 fully saturated rings. The van der Waals surface area contributed by atoms with Crippen molar-refractivity contribution in [3.8, 4) is 0 Å². The lowest BCUT2D eigenvalue weighted by atomic mass is 10.3. The van der Waals surface area contributed by atoms with Gasteiger partial charge in [-0.25, -0.2) is 10.4 Å². The number of thiazole rings is 1. The van der Waals surface area contributed by atoms with Gasteiger partial charge in [0.2, 0.25) is 0 Å². The van der Waals surface area contributed by atoms with E-state index in [1.54, 1.807) is 28.9 Å². The highest BCUT2D eigenvalue weighted by Crippen LogP contribution is 2.29. The number of amides is 1. The number of benzene rings is 1. The molecule has 0 aliphatic carbocycles. The molecule has 0 atom stereocenters. The van der Waals surface area contributed by atoms with Crippen molar-refractivity contribution in [1.82, 2.24) is 10.4 Å². The first-order chi connectivity index (χ1) is 10.7. The Morgan fingerprint density at radius 2 is 2.18 bits per heavy atom. The molecule has 1 aromatic carbocycles. The molecule has 0 unspecified atom stereocenters. The molecule has 0 aliphatic rings. The van der Waals surface area contributed by atoms with Crippen LogP contribution in [0.5, 0.6) is 0 Å². The third-order valence-electron chi connectivity index (χ3n) is 2.58. The first-order valence-electron chi connectivity index (χ1n) is 6.26. The largest absolute Gasteiger partial charge is 0.272 e. The molecule has 2 aromatic heterocycles. The second kappa shape index (κ2) is 7.36. The van der Waals surface area contributed by atoms with Crippen molar-refractivity contribution in [1.29, 1.82) is 0 Å². The number of carbonyl (C=O) groups excluding carboxylic acids is 1. The Bertz CT molecular complexity index is 794. The van der Waals surface area contributed by atoms with Crippen molar-refractivity contribution < 1.29 is 4.79 Å². The molecule has 0 radical (unpaired) electrons. The van der Waals surface area contributed by atoms with Crippen molar-refractivity contribution in [2.75, 3.05) is 5.75 Å². The highest BCUT2D eigenvalue weighted by molar-refractivity contribution is 9.11. The van der Waals surface area contributed by atoms with Crippen molar-refractivity contribution in [2.24, 2.45) is 5.10 Å². The zero-order valence-electron chi connectivity index (χ0n) is 11.2. The molecule has 1 N–H and O–H groups in total. The standard InChI is InChI=1S/C14H10BrN3OS3/c15-12-6-5-9(21-12)7-16-18-13(19)8-20-14-17-10-3-1-2-4-11(10)22-14/h1-7H,8H2,(H,18,19)/b16-7-. The molecule has 112 valence electrons. The minimum Gasteiger partial charge on any atom is -0.272 e. The number of carbonyl (C=O) groups is 1. The summed E-state index contributed by atoms with van der Waals surface area (Å²) in [7, 11) is 0. The maximum atomic E-state index is 11.8. The van der Waals surface area contributed by atoms with Crippen LogP contribution in [-0.2, 0) is 4.79 Å². The zero-order chi connectivity index (χ0) is 15.4. The summed E-state index contributed by atoms with van der Waals surface area (Å²) in [4.78, 5) is 17.2. The number of para-hydroxylation sites is 1. The number of halogens is 1. The van der Waals surface area contributed by atoms with E-state index in [2.05, 4.69) is 31.4 Å². The number of fused-ring (bicyclic) bond motifs is 1. The molecule has 0 bridgehead atoms. The van der Waals surface area contributed by atoms with Gasteiger partial charge in [-0.05, 0) is 40.2 Å². The number of hydrogen-bond donors (Lipinski definition) is 1. The van der Waals surface area contributed by atoms with Crippen LogP contribution in [0, 0.1) is 0 Å². The van der Waals surface area contributed by atoms with Gasteiger partial charge in [-0.2, -0.15) is 5.10 Å². The normalized spacial score (nSPS) is 11.3. The number of thiophene rings is 1. The first-order valence-corrected chi connectivity index (χ1v) is 9.67. The fraction of sp³-hybridized carbons (Fsp3) is 0.0714. The topological polar surface area (TPSA) is 54.4 Å². The highest BCUT2D eigenvalue weighted by atomic mass is 79.9. The lowest BCUT2D eigenvalue weighted by Crippen LogP contribution is -2.19. The molecule has 4 nitrogen and oxygen atoms in total. The van der Waals surface area contributed by atoms with Gasteiger partial charge < -0.3 is 0 Å². The molecule has 0 aliphatic heterocycles. The van der Waals surface area contributed by atoms with Crippen molar-refractivity contribution in [3.63, 3.8) is 0 Å². The van der Waals surface area contributed by atoms with Crippen LogP contribution >= 0.6 is 50.4 Å². The van der Waals surface area contributed by atoms with Gasteiger partial charge in [0, 0.05) is 4.88 Å². The molecular weight excluding hydrogens is 402 g/mol. The van der Waals surface area contributed by atoms with Gasteiger partial charge in [0.25, 0.3) is 5.91 Å². The van der Waals surface area contributed by atoms with Gasteiger partial charge >= 0.3 is 0 Å². The highest BCUT2D eigenvalue weighted by Gasteiger charge is 2.06. The molecule has 3 aromatic rings. The number of rotatable bonds is 5. The fourth-order valence-corrected chi connectivity index (χ4v) is 4.79. The number of aromatic nitrogens is 1. The number of thioether (sulfide) groups is 1. The molecule has 3 rings (SSSR count). The molecule has 0 spiro atoms. The summed E-state index contributed by atoms with van der Waals surface area (Å²) >= 11 is 7.95. The molecule has 8 heteroatoms. The van der Waals surface area contributed by atoms with E-state index in [1.165, 1.54) is 11.8 Å². The Labute approximate surface area is 147 Å². The van der Waals surface area contributed by atoms with Crippen LogP contribution < -0.4 is 5.43 Å². The monoisotopic (exact) mass is 411 g/mol. The minimum atomic E-state index is -0.142. The summed E-state index contributed by atoms with van der Waals surface area (Å²) in [5, 5.41) is 3.94. The second-order valence-corrected chi connectivity index (χ2v) is 8.92. The smallest absolute Gasteiger partial charge is 0.250 e. The third-order valence-corrected chi connectivity index (χ3v) is 6.31. The zero-order valence-corrected chi connectivity index (χ0v) is 15.2. The van der Waals surface area contributed by atoms with Gasteiger partial charge in [-0.3, -0.25) is 4.79 Å². The molecule has 0 saturated heterocycles. The summed E-state index contributed by atoms with van der Waals surface area (Å²) < 4.78 is 3.06. The van der Waals surface area contributed by atoms with E-state index in [0.717, 1.165) is 23.2 Å². The summed E-state index contributed by atoms with van der Waals surface area (Å²) in [6, 6.07) is 11.8. The van der Waals surface area contributed by atoms with E-state index < -0.39 is 0 Å². The van der Waals surface area contributed by atoms with Gasteiger partial charge in [-0.1, -0.05) is 23.9 Å². The van der Waals surface area contributed by atoms with Crippen LogP contribution in [0.1, 0.15) is 4.88 Å². The molecule has 2 heterocycles. The van der Waals surface area contributed by atoms with E-state index in [-0.39, 0.29) is 5.91 Å². The minimum absolute atomic E-state index is 0.142. The van der Waals surface area contributed by atoms with Crippen molar-refractivity contribution >= 4 is 72.7 Å². The molecular formula is C14H10BrN3OS3. The Hall–Kier alpha value is -1.22. The van der Waals surface area contributed by atoms with Crippen LogP contribution in [0.2, 0.25) is 0 Å². The predicted octanol–water partition coefficient (Wildman–Crippen LogP) is 4.36. The average Bonchev–Trinajstić information content (AvgIpc) is 3.11. The number of nitrogens with zero attached hydrogens (tertiary/aromatic N) is 2. The van der Waals surface area contributed by atoms with E-state index in [9.17, 15) is 4.79 Å². The fourth-order valence-electron chi connectivity index (χ4n) is 1.64. The quantitative estimate of drug-likeness (QED) is 0.385. The predicted molar refractivity (Wildman–Crippen MR) is 98.1 cm³/mol. The lowest BCUT2D eigenvalue weighted by molar-refractivity contribution is -0.118. The SMILES string of the molecule is O=C(CSc1nc2ccccc2s1)N/N=C\c1ccc(Br)s1. The Kier molecular flexibility index (Phi) is 5.24. The van der Waals surface area contributed by atoms with Crippen LogP contribution in [0.15, 0.2) is 49.6 Å². The third kappa shape index (κ3) is 4.16. The van der Waals surface area contributed by atoms with E-state index in [1.807, 2.05) is 36.4 Å². The molecule has 0 saturated carbocycles. The molecule has 22 heavy (non-hydrogen) atoms. The summed E-state index contributed by atoms with van der Waals surface area (Å²) in [5.74, 6) is 0.154. The van der Waals surface area contributed by atoms with Crippen molar-refractivity contribution in [2.45, 2.75) is 4.34 Å². The van der Waals surface area contributed by atoms with Crippen LogP contribution in [0.4, 0.5) is 0 Å². The second-order valence-electron chi connectivity index (χ2n) is 4.17. The van der Waals surface area contributed by atoms with E-state index >= 15 is 0 Å². The van der Waals surface area contributed by atoms with Gasteiger partial charge in [0.05, 0.1) is 26.0 Å². The van der Waals surface area contributed by atoms with E-state index in [4.69, 9.17) is 0 Å². The van der Waals surface area contributed by atoms with Crippen LogP contribution in [0.3, 0.4) is 0 Å². The van der Waals surface area contributed by atoms with E-state index in [0.29, 0.717) is 5.75 Å². The Morgan fingerprint density at radius 3 is 2.95 bits per heavy atom. The maximum Gasteiger partial charge on any atom is 0.250 e. The molecule has 1 amide bonds. The number of hydrogen-bond acceptors (Lipinski definition) is 6. The summed E-state index contributed by atoms with van der Waals surface area (Å²) in [6.45, 7) is 0. The number of nitrogens with one attached hydrogen (secondary N) is 1. The van der Waals surface area contributed by atoms with Crippen molar-refractivity contribution in [3.05, 3.63) is 45.1 Å². The summed E-state index contributed by atoms with van der Waals surface area (Å²) in [6.07, 6.45) is 1.63. The Balaban J connectivity index is 1.50. The van der Waals surface area contributed by atoms with Crippen LogP contribution in [0.25, 0.3) is 10.2 Å². The van der Waals surface area contributed by atoms with Gasteiger partial charge in [-0.15, -0.1) is 22.7 Å². The van der Waals surface area contributed by atoms with Crippen LogP contribution in [-0.4, -0.2) is 22.9 Å².